The second-order valence-electron chi connectivity index (χ2n) is 5.30. The van der Waals surface area contributed by atoms with Crippen LogP contribution in [-0.2, 0) is 4.79 Å². The number of aromatic nitrogens is 1. The molecule has 1 aromatic rings. The van der Waals surface area contributed by atoms with E-state index in [9.17, 15) is 9.59 Å². The van der Waals surface area contributed by atoms with E-state index in [4.69, 9.17) is 17.3 Å². The molecular weight excluding hydrogens is 292 g/mol. The number of nitrogens with two attached hydrogens (primary N) is 1. The van der Waals surface area contributed by atoms with Crippen LogP contribution < -0.4 is 11.1 Å². The van der Waals surface area contributed by atoms with Gasteiger partial charge in [0.25, 0.3) is 5.91 Å². The van der Waals surface area contributed by atoms with E-state index >= 15 is 0 Å². The fourth-order valence-corrected chi connectivity index (χ4v) is 2.70. The van der Waals surface area contributed by atoms with Crippen LogP contribution in [0.5, 0.6) is 0 Å². The third-order valence-electron chi connectivity index (χ3n) is 3.54. The molecule has 1 fully saturated rings. The molecule has 1 aliphatic heterocycles. The van der Waals surface area contributed by atoms with Crippen LogP contribution in [0.25, 0.3) is 0 Å². The summed E-state index contributed by atoms with van der Waals surface area (Å²) in [4.78, 5) is 29.1. The maximum Gasteiger partial charge on any atom is 0.254 e. The molecule has 1 saturated heterocycles. The van der Waals surface area contributed by atoms with E-state index < -0.39 is 0 Å². The molecule has 0 aromatic carbocycles. The van der Waals surface area contributed by atoms with Gasteiger partial charge in [-0.2, -0.15) is 0 Å². The molecular formula is C14H19ClN4O2. The highest BCUT2D eigenvalue weighted by molar-refractivity contribution is 6.33. The molecule has 0 saturated carbocycles. The first-order valence-corrected chi connectivity index (χ1v) is 7.27. The minimum absolute atomic E-state index is 0.0824. The lowest BCUT2D eigenvalue weighted by atomic mass is 10.0. The number of aryl methyl sites for hydroxylation is 1. The van der Waals surface area contributed by atoms with E-state index in [2.05, 4.69) is 10.3 Å². The van der Waals surface area contributed by atoms with Gasteiger partial charge in [0.15, 0.2) is 0 Å². The van der Waals surface area contributed by atoms with Gasteiger partial charge in [0, 0.05) is 31.0 Å². The van der Waals surface area contributed by atoms with Crippen molar-refractivity contribution in [3.8, 4) is 0 Å². The highest BCUT2D eigenvalue weighted by Gasteiger charge is 2.22. The third-order valence-corrected chi connectivity index (χ3v) is 3.85. The molecule has 6 nitrogen and oxygen atoms in total. The number of hydrogen-bond donors (Lipinski definition) is 2. The number of nitrogens with zero attached hydrogens (tertiary/aromatic N) is 2. The average Bonchev–Trinajstić information content (AvgIpc) is 2.40. The number of rotatable bonds is 4. The second kappa shape index (κ2) is 6.87. The first kappa shape index (κ1) is 15.7. The lowest BCUT2D eigenvalue weighted by Gasteiger charge is -2.31. The van der Waals surface area contributed by atoms with E-state index in [1.807, 2.05) is 11.8 Å². The number of carbonyl (C=O) groups is 2. The van der Waals surface area contributed by atoms with Gasteiger partial charge in [-0.05, 0) is 25.8 Å². The number of pyridine rings is 1. The first-order valence-electron chi connectivity index (χ1n) is 6.89. The van der Waals surface area contributed by atoms with Crippen molar-refractivity contribution >= 4 is 23.4 Å². The smallest absolute Gasteiger partial charge is 0.254 e. The number of primary amides is 1. The molecule has 1 aromatic heterocycles. The third kappa shape index (κ3) is 4.41. The van der Waals surface area contributed by atoms with E-state index in [0.29, 0.717) is 10.6 Å². The summed E-state index contributed by atoms with van der Waals surface area (Å²) in [5.41, 5.74) is 6.34. The van der Waals surface area contributed by atoms with Crippen LogP contribution in [0, 0.1) is 6.92 Å². The predicted octanol–water partition coefficient (Wildman–Crippen LogP) is 0.723. The minimum Gasteiger partial charge on any atom is -0.369 e. The number of carbonyl (C=O) groups excluding carboxylic acids is 2. The van der Waals surface area contributed by atoms with Gasteiger partial charge >= 0.3 is 0 Å². The van der Waals surface area contributed by atoms with Crippen molar-refractivity contribution in [2.75, 3.05) is 19.6 Å². The number of likely N-dealkylation sites (tertiary alicyclic amines) is 1. The number of nitrogens with one attached hydrogen (secondary N) is 1. The predicted molar refractivity (Wildman–Crippen MR) is 80.1 cm³/mol. The Hall–Kier alpha value is -1.66. The summed E-state index contributed by atoms with van der Waals surface area (Å²) in [5.74, 6) is -0.532. The van der Waals surface area contributed by atoms with Crippen molar-refractivity contribution in [1.82, 2.24) is 15.2 Å². The lowest BCUT2D eigenvalue weighted by Crippen LogP contribution is -2.46. The average molecular weight is 311 g/mol. The largest absolute Gasteiger partial charge is 0.369 e. The van der Waals surface area contributed by atoms with Crippen LogP contribution in [0.1, 0.15) is 28.9 Å². The fourth-order valence-electron chi connectivity index (χ4n) is 2.41. The molecule has 7 heteroatoms. The van der Waals surface area contributed by atoms with Crippen LogP contribution in [0.4, 0.5) is 0 Å². The topological polar surface area (TPSA) is 88.3 Å². The van der Waals surface area contributed by atoms with E-state index in [0.717, 1.165) is 31.6 Å². The fraction of sp³-hybridized carbons (Fsp3) is 0.500. The molecule has 2 rings (SSSR count). The van der Waals surface area contributed by atoms with Gasteiger partial charge in [-0.15, -0.1) is 0 Å². The van der Waals surface area contributed by atoms with Gasteiger partial charge in [0.1, 0.15) is 0 Å². The summed E-state index contributed by atoms with van der Waals surface area (Å²) in [5, 5.41) is 3.37. The summed E-state index contributed by atoms with van der Waals surface area (Å²) >= 11 is 6.06. The Kier molecular flexibility index (Phi) is 5.14. The molecule has 0 bridgehead atoms. The Morgan fingerprint density at radius 3 is 2.71 bits per heavy atom. The van der Waals surface area contributed by atoms with Gasteiger partial charge < -0.3 is 11.1 Å². The van der Waals surface area contributed by atoms with Crippen LogP contribution in [0.2, 0.25) is 5.02 Å². The molecule has 0 aliphatic carbocycles. The van der Waals surface area contributed by atoms with Gasteiger partial charge in [0.2, 0.25) is 5.91 Å². The van der Waals surface area contributed by atoms with Crippen LogP contribution in [-0.4, -0.2) is 47.4 Å². The molecule has 0 atom stereocenters. The zero-order valence-corrected chi connectivity index (χ0v) is 12.7. The summed E-state index contributed by atoms with van der Waals surface area (Å²) in [6.07, 6.45) is 3.07. The molecule has 3 N–H and O–H groups in total. The van der Waals surface area contributed by atoms with Gasteiger partial charge in [-0.1, -0.05) is 11.6 Å². The molecule has 0 spiro atoms. The normalized spacial score (nSPS) is 16.7. The number of amides is 2. The number of halogens is 1. The Bertz CT molecular complexity index is 542. The van der Waals surface area contributed by atoms with Crippen molar-refractivity contribution < 1.29 is 9.59 Å². The molecule has 1 aliphatic rings. The summed E-state index contributed by atoms with van der Waals surface area (Å²) in [6.45, 7) is 3.58. The molecule has 2 amide bonds. The zero-order valence-electron chi connectivity index (χ0n) is 11.9. The summed E-state index contributed by atoms with van der Waals surface area (Å²) in [6, 6.07) is 1.75. The quantitative estimate of drug-likeness (QED) is 0.858. The monoisotopic (exact) mass is 310 g/mol. The first-order chi connectivity index (χ1) is 9.95. The highest BCUT2D eigenvalue weighted by Crippen LogP contribution is 2.17. The zero-order chi connectivity index (χ0) is 15.4. The lowest BCUT2D eigenvalue weighted by molar-refractivity contribution is -0.119. The molecule has 21 heavy (non-hydrogen) atoms. The van der Waals surface area contributed by atoms with Crippen molar-refractivity contribution in [2.24, 2.45) is 5.73 Å². The van der Waals surface area contributed by atoms with E-state index in [-0.39, 0.29) is 24.4 Å². The van der Waals surface area contributed by atoms with Crippen molar-refractivity contribution in [3.05, 3.63) is 28.5 Å². The summed E-state index contributed by atoms with van der Waals surface area (Å²) in [7, 11) is 0. The minimum atomic E-state index is -0.324. The van der Waals surface area contributed by atoms with Gasteiger partial charge in [-0.3, -0.25) is 19.5 Å². The Balaban J connectivity index is 1.88. The number of piperidine rings is 1. The maximum atomic E-state index is 12.2. The molecule has 114 valence electrons. The molecule has 0 radical (unpaired) electrons. The van der Waals surface area contributed by atoms with Gasteiger partial charge in [-0.25, -0.2) is 0 Å². The standard InChI is InChI=1S/C14H19ClN4O2/c1-9-6-12(15)11(7-17-9)14(21)18-10-2-4-19(5-3-10)8-13(16)20/h6-7,10H,2-5,8H2,1H3,(H2,16,20)(H,18,21). The number of hydrogen-bond acceptors (Lipinski definition) is 4. The van der Waals surface area contributed by atoms with Crippen LogP contribution >= 0.6 is 11.6 Å². The van der Waals surface area contributed by atoms with Crippen LogP contribution in [0.3, 0.4) is 0 Å². The SMILES string of the molecule is Cc1cc(Cl)c(C(=O)NC2CCN(CC(N)=O)CC2)cn1. The van der Waals surface area contributed by atoms with Crippen molar-refractivity contribution in [1.29, 1.82) is 0 Å². The van der Waals surface area contributed by atoms with Gasteiger partial charge in [0.05, 0.1) is 17.1 Å². The Morgan fingerprint density at radius 1 is 1.48 bits per heavy atom. The second-order valence-corrected chi connectivity index (χ2v) is 5.70. The Morgan fingerprint density at radius 2 is 2.14 bits per heavy atom. The van der Waals surface area contributed by atoms with Crippen LogP contribution in [0.15, 0.2) is 12.3 Å². The Labute approximate surface area is 128 Å². The maximum absolute atomic E-state index is 12.2. The summed E-state index contributed by atoms with van der Waals surface area (Å²) < 4.78 is 0. The van der Waals surface area contributed by atoms with E-state index in [1.54, 1.807) is 6.07 Å². The molecule has 2 heterocycles. The van der Waals surface area contributed by atoms with Crippen molar-refractivity contribution in [3.63, 3.8) is 0 Å². The van der Waals surface area contributed by atoms with E-state index in [1.165, 1.54) is 6.20 Å². The van der Waals surface area contributed by atoms with Crippen molar-refractivity contribution in [2.45, 2.75) is 25.8 Å². The molecule has 0 unspecified atom stereocenters. The highest BCUT2D eigenvalue weighted by atomic mass is 35.5.